The number of hydrogen-bond donors (Lipinski definition) is 0. The lowest BCUT2D eigenvalue weighted by Crippen LogP contribution is -2.23. The second-order valence-electron chi connectivity index (χ2n) is 8.99. The molecule has 1 saturated heterocycles. The molecule has 3 aromatic rings. The number of hydrogen-bond acceptors (Lipinski definition) is 5. The Hall–Kier alpha value is -2.45. The standard InChI is InChI=1S/C28H35NO5S/c1-22-24(16-20-32-17-8-19-34-28-11-6-7-18-33-28)21-27(29(22)25-9-4-3-5-10-25)23-12-14-26(15-13-23)35(2,30)31/h3-5,9-10,12-15,21,28H,6-8,11,16-20H2,1-2H3. The van der Waals surface area contributed by atoms with Crippen LogP contribution >= 0.6 is 0 Å². The van der Waals surface area contributed by atoms with Crippen LogP contribution in [-0.2, 0) is 30.5 Å². The summed E-state index contributed by atoms with van der Waals surface area (Å²) in [5.41, 5.74) is 5.44. The fourth-order valence-electron chi connectivity index (χ4n) is 4.41. The first-order chi connectivity index (χ1) is 16.9. The van der Waals surface area contributed by atoms with Crippen LogP contribution in [0.2, 0.25) is 0 Å². The van der Waals surface area contributed by atoms with Crippen LogP contribution in [0.3, 0.4) is 0 Å². The summed E-state index contributed by atoms with van der Waals surface area (Å²) in [5.74, 6) is 0. The van der Waals surface area contributed by atoms with Crippen LogP contribution < -0.4 is 0 Å². The van der Waals surface area contributed by atoms with Crippen LogP contribution in [0.4, 0.5) is 0 Å². The summed E-state index contributed by atoms with van der Waals surface area (Å²) in [6.07, 6.45) is 6.11. The molecule has 4 rings (SSSR count). The highest BCUT2D eigenvalue weighted by Gasteiger charge is 2.16. The summed E-state index contributed by atoms with van der Waals surface area (Å²) >= 11 is 0. The number of sulfone groups is 1. The van der Waals surface area contributed by atoms with Crippen molar-refractivity contribution in [2.24, 2.45) is 0 Å². The van der Waals surface area contributed by atoms with Gasteiger partial charge in [0, 0.05) is 30.9 Å². The molecular weight excluding hydrogens is 462 g/mol. The Morgan fingerprint density at radius 2 is 1.77 bits per heavy atom. The SMILES string of the molecule is Cc1c(CCOCCCOC2CCCCO2)cc(-c2ccc(S(C)(=O)=O)cc2)n1-c1ccccc1. The third-order valence-electron chi connectivity index (χ3n) is 6.34. The molecule has 0 N–H and O–H groups in total. The van der Waals surface area contributed by atoms with E-state index in [1.165, 1.54) is 18.2 Å². The van der Waals surface area contributed by atoms with Crippen molar-refractivity contribution in [2.45, 2.75) is 50.2 Å². The van der Waals surface area contributed by atoms with E-state index in [0.717, 1.165) is 54.9 Å². The summed E-state index contributed by atoms with van der Waals surface area (Å²) in [6, 6.07) is 19.5. The molecule has 188 valence electrons. The van der Waals surface area contributed by atoms with Gasteiger partial charge in [-0.2, -0.15) is 0 Å². The Balaban J connectivity index is 1.41. The molecule has 0 spiro atoms. The van der Waals surface area contributed by atoms with Gasteiger partial charge in [0.15, 0.2) is 16.1 Å². The summed E-state index contributed by atoms with van der Waals surface area (Å²) in [6.45, 7) is 4.86. The smallest absolute Gasteiger partial charge is 0.175 e. The Bertz CT molecular complexity index is 1180. The lowest BCUT2D eigenvalue weighted by atomic mass is 10.1. The zero-order chi connectivity index (χ0) is 24.7. The number of benzene rings is 2. The lowest BCUT2D eigenvalue weighted by Gasteiger charge is -2.22. The maximum atomic E-state index is 11.9. The molecular formula is C28H35NO5S. The number of ether oxygens (including phenoxy) is 3. The van der Waals surface area contributed by atoms with Crippen LogP contribution in [0.15, 0.2) is 65.6 Å². The third-order valence-corrected chi connectivity index (χ3v) is 7.46. The van der Waals surface area contributed by atoms with E-state index in [9.17, 15) is 8.42 Å². The zero-order valence-corrected chi connectivity index (χ0v) is 21.4. The molecule has 1 aromatic heterocycles. The Kier molecular flexibility index (Phi) is 8.78. The van der Waals surface area contributed by atoms with E-state index in [1.54, 1.807) is 12.1 Å². The summed E-state index contributed by atoms with van der Waals surface area (Å²) in [4.78, 5) is 0.323. The van der Waals surface area contributed by atoms with Crippen LogP contribution in [0.1, 0.15) is 36.9 Å². The largest absolute Gasteiger partial charge is 0.381 e. The number of rotatable bonds is 11. The van der Waals surface area contributed by atoms with E-state index in [4.69, 9.17) is 14.2 Å². The van der Waals surface area contributed by atoms with Crippen molar-refractivity contribution in [3.8, 4) is 16.9 Å². The molecule has 0 bridgehead atoms. The van der Waals surface area contributed by atoms with Gasteiger partial charge in [-0.3, -0.25) is 0 Å². The van der Waals surface area contributed by atoms with Gasteiger partial charge in [0.05, 0.1) is 23.8 Å². The van der Waals surface area contributed by atoms with E-state index in [1.807, 2.05) is 30.3 Å². The molecule has 1 aliphatic rings. The van der Waals surface area contributed by atoms with Crippen molar-refractivity contribution in [3.63, 3.8) is 0 Å². The van der Waals surface area contributed by atoms with Gasteiger partial charge < -0.3 is 18.8 Å². The predicted octanol–water partition coefficient (Wildman–Crippen LogP) is 5.35. The first kappa shape index (κ1) is 25.6. The van der Waals surface area contributed by atoms with Gasteiger partial charge in [-0.15, -0.1) is 0 Å². The fourth-order valence-corrected chi connectivity index (χ4v) is 5.04. The van der Waals surface area contributed by atoms with Crippen molar-refractivity contribution in [1.82, 2.24) is 4.57 Å². The Morgan fingerprint density at radius 3 is 2.46 bits per heavy atom. The fraction of sp³-hybridized carbons (Fsp3) is 0.429. The first-order valence-corrected chi connectivity index (χ1v) is 14.2. The van der Waals surface area contributed by atoms with E-state index < -0.39 is 9.84 Å². The third kappa shape index (κ3) is 6.82. The normalized spacial score (nSPS) is 16.5. The van der Waals surface area contributed by atoms with Crippen molar-refractivity contribution in [3.05, 3.63) is 71.9 Å². The second kappa shape index (κ2) is 12.0. The molecule has 0 radical (unpaired) electrons. The minimum Gasteiger partial charge on any atom is -0.381 e. The topological polar surface area (TPSA) is 66.8 Å². The molecule has 35 heavy (non-hydrogen) atoms. The summed E-state index contributed by atoms with van der Waals surface area (Å²) in [5, 5.41) is 0. The van der Waals surface area contributed by atoms with E-state index >= 15 is 0 Å². The molecule has 2 aromatic carbocycles. The van der Waals surface area contributed by atoms with Gasteiger partial charge in [-0.05, 0) is 80.5 Å². The van der Waals surface area contributed by atoms with E-state index in [-0.39, 0.29) is 6.29 Å². The van der Waals surface area contributed by atoms with E-state index in [0.29, 0.717) is 24.7 Å². The highest BCUT2D eigenvalue weighted by atomic mass is 32.2. The minimum atomic E-state index is -3.23. The molecule has 1 aliphatic heterocycles. The second-order valence-corrected chi connectivity index (χ2v) is 11.0. The molecule has 0 aliphatic carbocycles. The van der Waals surface area contributed by atoms with Crippen molar-refractivity contribution < 1.29 is 22.6 Å². The van der Waals surface area contributed by atoms with Gasteiger partial charge >= 0.3 is 0 Å². The van der Waals surface area contributed by atoms with Gasteiger partial charge in [0.1, 0.15) is 0 Å². The van der Waals surface area contributed by atoms with Gasteiger partial charge in [0.2, 0.25) is 0 Å². The molecule has 6 nitrogen and oxygen atoms in total. The van der Waals surface area contributed by atoms with Gasteiger partial charge in [-0.1, -0.05) is 30.3 Å². The van der Waals surface area contributed by atoms with E-state index in [2.05, 4.69) is 29.7 Å². The molecule has 0 amide bonds. The zero-order valence-electron chi connectivity index (χ0n) is 20.6. The van der Waals surface area contributed by atoms with Crippen molar-refractivity contribution in [1.29, 1.82) is 0 Å². The monoisotopic (exact) mass is 497 g/mol. The highest BCUT2D eigenvalue weighted by Crippen LogP contribution is 2.30. The molecule has 7 heteroatoms. The predicted molar refractivity (Wildman–Crippen MR) is 138 cm³/mol. The summed E-state index contributed by atoms with van der Waals surface area (Å²) < 4.78 is 43.3. The number of para-hydroxylation sites is 1. The Morgan fingerprint density at radius 1 is 1.00 bits per heavy atom. The van der Waals surface area contributed by atoms with Crippen LogP contribution in [0.25, 0.3) is 16.9 Å². The molecule has 1 fully saturated rings. The summed E-state index contributed by atoms with van der Waals surface area (Å²) in [7, 11) is -3.23. The maximum Gasteiger partial charge on any atom is 0.175 e. The van der Waals surface area contributed by atoms with Crippen LogP contribution in [-0.4, -0.2) is 52.0 Å². The van der Waals surface area contributed by atoms with Crippen LogP contribution in [0.5, 0.6) is 0 Å². The van der Waals surface area contributed by atoms with Crippen molar-refractivity contribution in [2.75, 3.05) is 32.7 Å². The highest BCUT2D eigenvalue weighted by molar-refractivity contribution is 7.90. The van der Waals surface area contributed by atoms with Crippen LogP contribution in [0, 0.1) is 6.92 Å². The number of nitrogens with zero attached hydrogens (tertiary/aromatic N) is 1. The van der Waals surface area contributed by atoms with Crippen molar-refractivity contribution >= 4 is 9.84 Å². The maximum absolute atomic E-state index is 11.9. The molecule has 2 heterocycles. The quantitative estimate of drug-likeness (QED) is 0.334. The molecule has 1 unspecified atom stereocenters. The van der Waals surface area contributed by atoms with Gasteiger partial charge in [-0.25, -0.2) is 8.42 Å². The molecule has 1 atom stereocenters. The average Bonchev–Trinajstić information content (AvgIpc) is 3.20. The average molecular weight is 498 g/mol. The van der Waals surface area contributed by atoms with Gasteiger partial charge in [0.25, 0.3) is 0 Å². The lowest BCUT2D eigenvalue weighted by molar-refractivity contribution is -0.164. The molecule has 0 saturated carbocycles. The Labute approximate surface area is 208 Å². The first-order valence-electron chi connectivity index (χ1n) is 12.3. The minimum absolute atomic E-state index is 0.0472. The number of aromatic nitrogens is 1.